The lowest BCUT2D eigenvalue weighted by Crippen LogP contribution is -2.24. The van der Waals surface area contributed by atoms with Crippen LogP contribution in [0.25, 0.3) is 32.3 Å². The molecule has 0 aromatic heterocycles. The number of para-hydroxylation sites is 4. The second-order valence-electron chi connectivity index (χ2n) is 15.1. The molecule has 0 heterocycles. The van der Waals surface area contributed by atoms with E-state index in [-0.39, 0.29) is 17.0 Å². The number of aryl methyl sites for hydroxylation is 2. The van der Waals surface area contributed by atoms with E-state index >= 15 is 8.78 Å². The highest BCUT2D eigenvalue weighted by molar-refractivity contribution is 6.30. The fourth-order valence-electron chi connectivity index (χ4n) is 8.71. The maximum absolute atomic E-state index is 16.1. The van der Waals surface area contributed by atoms with Crippen LogP contribution in [0.2, 0.25) is 0 Å². The summed E-state index contributed by atoms with van der Waals surface area (Å²) in [5.41, 5.74) is 8.48. The molecule has 4 heteroatoms. The number of nitrogens with zero attached hydrogens (tertiary/aromatic N) is 2. The summed E-state index contributed by atoms with van der Waals surface area (Å²) in [5.74, 6) is -0.545. The highest BCUT2D eigenvalue weighted by Crippen LogP contribution is 2.54. The molecule has 0 fully saturated rings. The molecule has 0 radical (unpaired) electrons. The topological polar surface area (TPSA) is 6.48 Å². The van der Waals surface area contributed by atoms with Crippen molar-refractivity contribution in [3.05, 3.63) is 168 Å². The van der Waals surface area contributed by atoms with Crippen molar-refractivity contribution in [2.24, 2.45) is 0 Å². The molecule has 8 aromatic rings. The van der Waals surface area contributed by atoms with Crippen molar-refractivity contribution in [2.75, 3.05) is 9.80 Å². The van der Waals surface area contributed by atoms with Crippen molar-refractivity contribution in [3.63, 3.8) is 0 Å². The van der Waals surface area contributed by atoms with Gasteiger partial charge in [-0.3, -0.25) is 0 Å². The molecule has 0 N–H and O–H groups in total. The van der Waals surface area contributed by atoms with Crippen LogP contribution in [0.5, 0.6) is 0 Å². The van der Waals surface area contributed by atoms with Gasteiger partial charge in [-0.2, -0.15) is 0 Å². The quantitative estimate of drug-likeness (QED) is 0.139. The fourth-order valence-corrected chi connectivity index (χ4v) is 8.71. The van der Waals surface area contributed by atoms with E-state index in [4.69, 9.17) is 0 Å². The first-order chi connectivity index (χ1) is 25.9. The van der Waals surface area contributed by atoms with Crippen molar-refractivity contribution in [3.8, 4) is 0 Å². The van der Waals surface area contributed by atoms with E-state index in [9.17, 15) is 0 Å². The van der Waals surface area contributed by atoms with E-state index in [0.717, 1.165) is 65.6 Å². The van der Waals surface area contributed by atoms with Gasteiger partial charge in [-0.15, -0.1) is 0 Å². The molecule has 0 unspecified atom stereocenters. The second-order valence-corrected chi connectivity index (χ2v) is 15.1. The van der Waals surface area contributed by atoms with Crippen LogP contribution < -0.4 is 9.80 Å². The van der Waals surface area contributed by atoms with Crippen molar-refractivity contribution in [1.82, 2.24) is 0 Å². The zero-order valence-corrected chi connectivity index (χ0v) is 30.5. The summed E-state index contributed by atoms with van der Waals surface area (Å²) >= 11 is 0. The Morgan fingerprint density at radius 2 is 1.09 bits per heavy atom. The van der Waals surface area contributed by atoms with Gasteiger partial charge in [0.25, 0.3) is 0 Å². The Bertz CT molecular complexity index is 2610. The number of hydrogen-bond donors (Lipinski definition) is 0. The monoisotopic (exact) mass is 696 g/mol. The van der Waals surface area contributed by atoms with Crippen LogP contribution in [-0.2, 0) is 18.3 Å². The van der Waals surface area contributed by atoms with E-state index < -0.39 is 0 Å². The molecule has 1 aliphatic rings. The van der Waals surface area contributed by atoms with Crippen LogP contribution >= 0.6 is 0 Å². The zero-order valence-electron chi connectivity index (χ0n) is 30.5. The number of benzene rings is 8. The lowest BCUT2D eigenvalue weighted by Gasteiger charge is -2.37. The maximum atomic E-state index is 16.1. The molecule has 0 spiro atoms. The minimum absolute atomic E-state index is 0.0975. The summed E-state index contributed by atoms with van der Waals surface area (Å²) in [6.07, 6.45) is 4.91. The SMILES string of the molecule is CCCCc1cc(N(c2ccccc2)c2ccccc2F)c2cc3c4c(cc(N(c5ccccc5)c5ccccc5F)c5ccc1c2c54)CCC3(C)C. The Balaban J connectivity index is 1.46. The molecule has 8 aromatic carbocycles. The smallest absolute Gasteiger partial charge is 0.147 e. The molecule has 1 aliphatic carbocycles. The molecule has 0 saturated heterocycles. The summed E-state index contributed by atoms with van der Waals surface area (Å²) in [7, 11) is 0. The zero-order chi connectivity index (χ0) is 36.3. The highest BCUT2D eigenvalue weighted by atomic mass is 19.1. The molecule has 53 heavy (non-hydrogen) atoms. The van der Waals surface area contributed by atoms with Gasteiger partial charge < -0.3 is 9.80 Å². The van der Waals surface area contributed by atoms with Gasteiger partial charge in [0.2, 0.25) is 0 Å². The summed E-state index contributed by atoms with van der Waals surface area (Å²) in [6, 6.07) is 46.0. The molecule has 262 valence electrons. The Morgan fingerprint density at radius 1 is 0.547 bits per heavy atom. The molecule has 0 amide bonds. The molecule has 0 bridgehead atoms. The molecular weight excluding hydrogens is 655 g/mol. The summed E-state index contributed by atoms with van der Waals surface area (Å²) in [4.78, 5) is 4.20. The van der Waals surface area contributed by atoms with Crippen LogP contribution in [0.1, 0.15) is 56.7 Å². The molecule has 2 nitrogen and oxygen atoms in total. The fraction of sp³-hybridized carbons (Fsp3) is 0.184. The molecule has 0 saturated carbocycles. The van der Waals surface area contributed by atoms with Crippen LogP contribution in [0.3, 0.4) is 0 Å². The van der Waals surface area contributed by atoms with E-state index in [2.05, 4.69) is 85.2 Å². The summed E-state index contributed by atoms with van der Waals surface area (Å²) in [5, 5.41) is 7.08. The van der Waals surface area contributed by atoms with Gasteiger partial charge in [-0.25, -0.2) is 8.78 Å². The lowest BCUT2D eigenvalue weighted by atomic mass is 9.70. The average Bonchev–Trinajstić information content (AvgIpc) is 3.18. The third kappa shape index (κ3) is 5.42. The molecule has 9 rings (SSSR count). The van der Waals surface area contributed by atoms with Gasteiger partial charge in [0.1, 0.15) is 11.6 Å². The third-order valence-corrected chi connectivity index (χ3v) is 11.4. The van der Waals surface area contributed by atoms with E-state index in [1.807, 2.05) is 60.7 Å². The third-order valence-electron chi connectivity index (χ3n) is 11.4. The van der Waals surface area contributed by atoms with Crippen LogP contribution in [0, 0.1) is 11.6 Å². The van der Waals surface area contributed by atoms with Crippen molar-refractivity contribution < 1.29 is 8.78 Å². The standard InChI is InChI=1S/C49H42F2N2/c1-4-5-16-32-29-45(53(35-19-10-7-11-20-35)43-24-15-13-22-41(43)51)38-31-39-46-33(27-28-49(39,2)3)30-44(37-26-25-36(32)47(38)48(37)46)52(34-17-8-6-9-18-34)42-23-14-12-21-40(42)50/h6-15,17-26,29-31H,4-5,16,27-28H2,1-3H3. The second kappa shape index (κ2) is 13.0. The lowest BCUT2D eigenvalue weighted by molar-refractivity contribution is 0.475. The van der Waals surface area contributed by atoms with Crippen LogP contribution in [0.4, 0.5) is 42.9 Å². The van der Waals surface area contributed by atoms with Gasteiger partial charge in [-0.05, 0) is 131 Å². The first-order valence-corrected chi connectivity index (χ1v) is 18.9. The first kappa shape index (κ1) is 33.1. The Morgan fingerprint density at radius 3 is 1.68 bits per heavy atom. The first-order valence-electron chi connectivity index (χ1n) is 18.9. The normalized spacial score (nSPS) is 13.6. The predicted octanol–water partition coefficient (Wildman–Crippen LogP) is 14.4. The van der Waals surface area contributed by atoms with Gasteiger partial charge in [0, 0.05) is 27.5 Å². The molecule has 0 atom stereocenters. The van der Waals surface area contributed by atoms with Crippen molar-refractivity contribution >= 4 is 66.4 Å². The number of halogens is 2. The minimum Gasteiger partial charge on any atom is -0.307 e. The molecular formula is C49H42F2N2. The highest BCUT2D eigenvalue weighted by Gasteiger charge is 2.34. The Hall–Kier alpha value is -5.74. The Kier molecular flexibility index (Phi) is 8.15. The van der Waals surface area contributed by atoms with E-state index in [1.165, 1.54) is 38.2 Å². The Labute approximate surface area is 310 Å². The van der Waals surface area contributed by atoms with Gasteiger partial charge in [-0.1, -0.05) is 100.0 Å². The van der Waals surface area contributed by atoms with Crippen LogP contribution in [-0.4, -0.2) is 0 Å². The van der Waals surface area contributed by atoms with Crippen molar-refractivity contribution in [1.29, 1.82) is 0 Å². The van der Waals surface area contributed by atoms with Gasteiger partial charge >= 0.3 is 0 Å². The maximum Gasteiger partial charge on any atom is 0.147 e. The number of anilines is 6. The van der Waals surface area contributed by atoms with E-state index in [0.29, 0.717) is 11.4 Å². The predicted molar refractivity (Wildman–Crippen MR) is 219 cm³/mol. The van der Waals surface area contributed by atoms with Gasteiger partial charge in [0.15, 0.2) is 0 Å². The minimum atomic E-state index is -0.273. The van der Waals surface area contributed by atoms with Crippen LogP contribution in [0.15, 0.2) is 140 Å². The summed E-state index contributed by atoms with van der Waals surface area (Å²) < 4.78 is 32.0. The largest absolute Gasteiger partial charge is 0.307 e. The van der Waals surface area contributed by atoms with E-state index in [1.54, 1.807) is 24.3 Å². The van der Waals surface area contributed by atoms with Crippen molar-refractivity contribution in [2.45, 2.75) is 58.3 Å². The summed E-state index contributed by atoms with van der Waals surface area (Å²) in [6.45, 7) is 6.93. The number of hydrogen-bond acceptors (Lipinski definition) is 2. The number of unbranched alkanes of at least 4 members (excludes halogenated alkanes) is 1. The average molecular weight is 697 g/mol. The van der Waals surface area contributed by atoms with Gasteiger partial charge in [0.05, 0.1) is 22.7 Å². The molecule has 0 aliphatic heterocycles. The number of rotatable bonds is 9.